The third-order valence-corrected chi connectivity index (χ3v) is 4.15. The minimum atomic E-state index is 0.465. The number of benzene rings is 1. The highest BCUT2D eigenvalue weighted by Gasteiger charge is 2.15. The first kappa shape index (κ1) is 15.2. The molecule has 0 amide bonds. The largest absolute Gasteiger partial charge is 0.389 e. The number of para-hydroxylation sites is 1. The summed E-state index contributed by atoms with van der Waals surface area (Å²) < 4.78 is 0. The summed E-state index contributed by atoms with van der Waals surface area (Å²) in [5, 5.41) is 0. The molecule has 5 heteroatoms. The highest BCUT2D eigenvalue weighted by molar-refractivity contribution is 7.80. The van der Waals surface area contributed by atoms with Crippen molar-refractivity contribution in [3.05, 3.63) is 29.8 Å². The molecule has 0 aromatic heterocycles. The third kappa shape index (κ3) is 3.91. The van der Waals surface area contributed by atoms with Crippen LogP contribution >= 0.6 is 12.2 Å². The van der Waals surface area contributed by atoms with E-state index in [2.05, 4.69) is 34.9 Å². The van der Waals surface area contributed by atoms with E-state index in [4.69, 9.17) is 18.0 Å². The van der Waals surface area contributed by atoms with Gasteiger partial charge in [-0.2, -0.15) is 0 Å². The molecule has 2 rings (SSSR count). The second-order valence-electron chi connectivity index (χ2n) is 5.45. The average molecular weight is 292 g/mol. The Labute approximate surface area is 127 Å². The van der Waals surface area contributed by atoms with Crippen LogP contribution in [-0.2, 0) is 0 Å². The third-order valence-electron chi connectivity index (χ3n) is 3.93. The highest BCUT2D eigenvalue weighted by Crippen LogP contribution is 2.18. The minimum absolute atomic E-state index is 0.465. The van der Waals surface area contributed by atoms with Gasteiger partial charge in [0, 0.05) is 57.6 Å². The number of nitrogens with zero attached hydrogens (tertiary/aromatic N) is 3. The maximum atomic E-state index is 5.80. The molecule has 0 atom stereocenters. The summed E-state index contributed by atoms with van der Waals surface area (Å²) in [6.07, 6.45) is 0. The molecular weight excluding hydrogens is 268 g/mol. The van der Waals surface area contributed by atoms with Crippen LogP contribution in [0.2, 0.25) is 0 Å². The molecule has 1 aromatic rings. The van der Waals surface area contributed by atoms with Gasteiger partial charge in [0.25, 0.3) is 0 Å². The maximum Gasteiger partial charge on any atom is 0.106 e. The Hall–Kier alpha value is -1.17. The van der Waals surface area contributed by atoms with Crippen LogP contribution in [0.4, 0.5) is 5.69 Å². The number of hydrogen-bond donors (Lipinski definition) is 1. The van der Waals surface area contributed by atoms with Crippen LogP contribution in [0.1, 0.15) is 5.56 Å². The van der Waals surface area contributed by atoms with E-state index in [1.807, 2.05) is 18.2 Å². The van der Waals surface area contributed by atoms with Gasteiger partial charge < -0.3 is 15.5 Å². The van der Waals surface area contributed by atoms with Crippen molar-refractivity contribution in [2.45, 2.75) is 0 Å². The number of piperazine rings is 1. The van der Waals surface area contributed by atoms with Crippen molar-refractivity contribution in [2.24, 2.45) is 5.73 Å². The fraction of sp³-hybridized carbons (Fsp3) is 0.533. The fourth-order valence-electron chi connectivity index (χ4n) is 2.50. The van der Waals surface area contributed by atoms with E-state index in [0.29, 0.717) is 4.99 Å². The molecule has 0 bridgehead atoms. The number of rotatable bonds is 5. The van der Waals surface area contributed by atoms with E-state index >= 15 is 0 Å². The van der Waals surface area contributed by atoms with Crippen LogP contribution in [0.25, 0.3) is 0 Å². The molecule has 110 valence electrons. The van der Waals surface area contributed by atoms with E-state index in [1.54, 1.807) is 0 Å². The van der Waals surface area contributed by atoms with Gasteiger partial charge in [-0.1, -0.05) is 24.4 Å². The Morgan fingerprint density at radius 2 is 1.90 bits per heavy atom. The second-order valence-corrected chi connectivity index (χ2v) is 5.89. The zero-order valence-corrected chi connectivity index (χ0v) is 13.2. The Bertz CT molecular complexity index is 455. The van der Waals surface area contributed by atoms with Crippen LogP contribution in [0.3, 0.4) is 0 Å². The lowest BCUT2D eigenvalue weighted by Gasteiger charge is -2.33. The molecule has 20 heavy (non-hydrogen) atoms. The molecule has 0 aliphatic carbocycles. The van der Waals surface area contributed by atoms with Gasteiger partial charge in [-0.3, -0.25) is 4.90 Å². The summed E-state index contributed by atoms with van der Waals surface area (Å²) in [5.74, 6) is 0. The highest BCUT2D eigenvalue weighted by atomic mass is 32.1. The van der Waals surface area contributed by atoms with Crippen molar-refractivity contribution in [3.63, 3.8) is 0 Å². The Morgan fingerprint density at radius 3 is 2.55 bits per heavy atom. The van der Waals surface area contributed by atoms with Crippen molar-refractivity contribution in [3.8, 4) is 0 Å². The number of nitrogens with two attached hydrogens (primary N) is 1. The van der Waals surface area contributed by atoms with E-state index in [-0.39, 0.29) is 0 Å². The van der Waals surface area contributed by atoms with Crippen molar-refractivity contribution >= 4 is 22.9 Å². The van der Waals surface area contributed by atoms with Gasteiger partial charge in [0.05, 0.1) is 0 Å². The maximum absolute atomic E-state index is 5.80. The normalized spacial score (nSPS) is 17.1. The number of anilines is 1. The van der Waals surface area contributed by atoms with Gasteiger partial charge in [-0.25, -0.2) is 0 Å². The summed E-state index contributed by atoms with van der Waals surface area (Å²) in [6, 6.07) is 8.08. The fourth-order valence-corrected chi connectivity index (χ4v) is 2.67. The molecular formula is C15H24N4S. The first-order valence-corrected chi connectivity index (χ1v) is 7.49. The van der Waals surface area contributed by atoms with Gasteiger partial charge in [0.15, 0.2) is 0 Å². The van der Waals surface area contributed by atoms with Crippen LogP contribution in [0.5, 0.6) is 0 Å². The van der Waals surface area contributed by atoms with Crippen molar-refractivity contribution in [1.82, 2.24) is 9.80 Å². The van der Waals surface area contributed by atoms with E-state index < -0.39 is 0 Å². The molecule has 0 saturated carbocycles. The number of hydrogen-bond acceptors (Lipinski definition) is 4. The van der Waals surface area contributed by atoms with Crippen LogP contribution < -0.4 is 10.6 Å². The predicted molar refractivity (Wildman–Crippen MR) is 89.5 cm³/mol. The zero-order valence-electron chi connectivity index (χ0n) is 12.4. The van der Waals surface area contributed by atoms with Gasteiger partial charge in [-0.05, 0) is 19.2 Å². The first-order chi connectivity index (χ1) is 9.58. The standard InChI is InChI=1S/C15H24N4S/c1-17-7-10-19(11-8-17)12-9-18(2)14-6-4-3-5-13(14)15(16)20/h3-6H,7-12H2,1-2H3,(H2,16,20). The molecule has 1 heterocycles. The first-order valence-electron chi connectivity index (χ1n) is 7.09. The molecule has 1 saturated heterocycles. The molecule has 4 nitrogen and oxygen atoms in total. The van der Waals surface area contributed by atoms with Crippen molar-refractivity contribution in [1.29, 1.82) is 0 Å². The van der Waals surface area contributed by atoms with Crippen LogP contribution in [0, 0.1) is 0 Å². The summed E-state index contributed by atoms with van der Waals surface area (Å²) in [5.41, 5.74) is 7.88. The molecule has 1 aliphatic rings. The average Bonchev–Trinajstić information content (AvgIpc) is 2.46. The zero-order chi connectivity index (χ0) is 14.5. The topological polar surface area (TPSA) is 35.7 Å². The summed E-state index contributed by atoms with van der Waals surface area (Å²) >= 11 is 5.13. The number of likely N-dealkylation sites (N-methyl/N-ethyl adjacent to an activating group) is 2. The molecule has 1 aliphatic heterocycles. The molecule has 1 fully saturated rings. The SMILES string of the molecule is CN1CCN(CCN(C)c2ccccc2C(N)=S)CC1. The van der Waals surface area contributed by atoms with Crippen molar-refractivity contribution in [2.75, 3.05) is 58.3 Å². The van der Waals surface area contributed by atoms with Crippen LogP contribution in [-0.4, -0.2) is 68.2 Å². The lowest BCUT2D eigenvalue weighted by atomic mass is 10.1. The Kier molecular flexibility index (Phi) is 5.34. The molecule has 0 unspecified atom stereocenters. The Balaban J connectivity index is 1.92. The Morgan fingerprint density at radius 1 is 1.25 bits per heavy atom. The smallest absolute Gasteiger partial charge is 0.106 e. The number of thiocarbonyl (C=S) groups is 1. The summed E-state index contributed by atoms with van der Waals surface area (Å²) in [7, 11) is 4.29. The van der Waals surface area contributed by atoms with E-state index in [1.165, 1.54) is 0 Å². The molecule has 1 aromatic carbocycles. The van der Waals surface area contributed by atoms with Gasteiger partial charge in [0.1, 0.15) is 4.99 Å². The summed E-state index contributed by atoms with van der Waals surface area (Å²) in [6.45, 7) is 6.70. The quantitative estimate of drug-likeness (QED) is 0.820. The lowest BCUT2D eigenvalue weighted by Crippen LogP contribution is -2.46. The monoisotopic (exact) mass is 292 g/mol. The van der Waals surface area contributed by atoms with E-state index in [0.717, 1.165) is 50.5 Å². The van der Waals surface area contributed by atoms with Crippen molar-refractivity contribution < 1.29 is 0 Å². The predicted octanol–water partition coefficient (Wildman–Crippen LogP) is 1.00. The molecule has 0 spiro atoms. The van der Waals surface area contributed by atoms with Gasteiger partial charge in [0.2, 0.25) is 0 Å². The van der Waals surface area contributed by atoms with Crippen LogP contribution in [0.15, 0.2) is 24.3 Å². The molecule has 0 radical (unpaired) electrons. The van der Waals surface area contributed by atoms with Gasteiger partial charge in [-0.15, -0.1) is 0 Å². The summed E-state index contributed by atoms with van der Waals surface area (Å²) in [4.78, 5) is 7.60. The van der Waals surface area contributed by atoms with E-state index in [9.17, 15) is 0 Å². The molecule has 2 N–H and O–H groups in total. The second kappa shape index (κ2) is 7.02. The van der Waals surface area contributed by atoms with Gasteiger partial charge >= 0.3 is 0 Å². The minimum Gasteiger partial charge on any atom is -0.389 e. The lowest BCUT2D eigenvalue weighted by molar-refractivity contribution is 0.157.